The summed E-state index contributed by atoms with van der Waals surface area (Å²) in [4.78, 5) is 29.0. The average molecular weight is 299 g/mol. The number of hydrogen-bond donors (Lipinski definition) is 1. The molecule has 0 radical (unpaired) electrons. The van der Waals surface area contributed by atoms with Crippen LogP contribution in [0.1, 0.15) is 5.56 Å². The fraction of sp³-hybridized carbons (Fsp3) is 0.133. The van der Waals surface area contributed by atoms with Crippen molar-refractivity contribution >= 4 is 33.1 Å². The van der Waals surface area contributed by atoms with Crippen LogP contribution in [0.5, 0.6) is 0 Å². The quantitative estimate of drug-likeness (QED) is 0.807. The van der Waals surface area contributed by atoms with Crippen LogP contribution in [-0.4, -0.2) is 15.5 Å². The first-order valence-electron chi connectivity index (χ1n) is 6.42. The summed E-state index contributed by atoms with van der Waals surface area (Å²) in [6.45, 7) is 1.93. The predicted molar refractivity (Wildman–Crippen MR) is 83.7 cm³/mol. The molecule has 0 bridgehead atoms. The summed E-state index contributed by atoms with van der Waals surface area (Å²) in [5.41, 5.74) is 1.64. The second-order valence-electron chi connectivity index (χ2n) is 4.73. The topological polar surface area (TPSA) is 64.0 Å². The third-order valence-electron chi connectivity index (χ3n) is 3.10. The van der Waals surface area contributed by atoms with E-state index in [0.717, 1.165) is 5.56 Å². The molecule has 6 heteroatoms. The van der Waals surface area contributed by atoms with Crippen LogP contribution in [0, 0.1) is 6.92 Å². The number of nitrogens with one attached hydrogen (secondary N) is 1. The Morgan fingerprint density at radius 1 is 1.29 bits per heavy atom. The van der Waals surface area contributed by atoms with Crippen molar-refractivity contribution in [3.63, 3.8) is 0 Å². The maximum Gasteiger partial charge on any atom is 0.262 e. The third kappa shape index (κ3) is 2.85. The molecule has 21 heavy (non-hydrogen) atoms. The van der Waals surface area contributed by atoms with Crippen LogP contribution < -0.4 is 10.9 Å². The number of thiophene rings is 1. The Bertz CT molecular complexity index is 849. The number of aromatic nitrogens is 2. The molecule has 3 aromatic rings. The molecule has 0 saturated heterocycles. The molecule has 2 aromatic heterocycles. The van der Waals surface area contributed by atoms with Crippen LogP contribution >= 0.6 is 11.3 Å². The van der Waals surface area contributed by atoms with Gasteiger partial charge in [0.2, 0.25) is 5.91 Å². The molecule has 0 spiro atoms. The van der Waals surface area contributed by atoms with E-state index >= 15 is 0 Å². The minimum atomic E-state index is -0.252. The number of hydrogen-bond acceptors (Lipinski definition) is 4. The molecule has 0 unspecified atom stereocenters. The standard InChI is InChI=1S/C15H13N3O2S/c1-10-2-4-11(5-3-10)17-13(19)8-18-9-16-14-12(15(18)20)6-7-21-14/h2-7,9H,8H2,1H3,(H,17,19). The number of anilines is 1. The molecule has 0 aliphatic rings. The maximum atomic E-state index is 12.2. The first kappa shape index (κ1) is 13.5. The number of aryl methyl sites for hydroxylation is 1. The fourth-order valence-electron chi connectivity index (χ4n) is 2.00. The van der Waals surface area contributed by atoms with Gasteiger partial charge in [-0.05, 0) is 30.5 Å². The van der Waals surface area contributed by atoms with Crippen molar-refractivity contribution in [1.29, 1.82) is 0 Å². The summed E-state index contributed by atoms with van der Waals surface area (Å²) in [6, 6.07) is 9.22. The lowest BCUT2D eigenvalue weighted by Gasteiger charge is -2.07. The van der Waals surface area contributed by atoms with E-state index in [1.807, 2.05) is 36.6 Å². The maximum absolute atomic E-state index is 12.2. The molecule has 3 rings (SSSR count). The van der Waals surface area contributed by atoms with E-state index in [9.17, 15) is 9.59 Å². The van der Waals surface area contributed by atoms with E-state index in [0.29, 0.717) is 15.9 Å². The minimum absolute atomic E-state index is 0.0501. The molecule has 1 amide bonds. The highest BCUT2D eigenvalue weighted by Crippen LogP contribution is 2.13. The lowest BCUT2D eigenvalue weighted by molar-refractivity contribution is -0.116. The lowest BCUT2D eigenvalue weighted by atomic mass is 10.2. The molecule has 5 nitrogen and oxygen atoms in total. The Hall–Kier alpha value is -2.47. The summed E-state index contributed by atoms with van der Waals surface area (Å²) < 4.78 is 1.32. The van der Waals surface area contributed by atoms with Crippen LogP contribution in [0.15, 0.2) is 46.8 Å². The number of rotatable bonds is 3. The largest absolute Gasteiger partial charge is 0.325 e. The number of benzene rings is 1. The Kier molecular flexibility index (Phi) is 3.53. The van der Waals surface area contributed by atoms with Crippen LogP contribution in [0.2, 0.25) is 0 Å². The van der Waals surface area contributed by atoms with Gasteiger partial charge in [0.05, 0.1) is 11.7 Å². The molecule has 0 saturated carbocycles. The van der Waals surface area contributed by atoms with Gasteiger partial charge in [0.25, 0.3) is 5.56 Å². The van der Waals surface area contributed by atoms with Crippen LogP contribution in [0.3, 0.4) is 0 Å². The van der Waals surface area contributed by atoms with Crippen molar-refractivity contribution in [3.05, 3.63) is 58.0 Å². The van der Waals surface area contributed by atoms with E-state index in [4.69, 9.17) is 0 Å². The molecule has 0 aliphatic heterocycles. The summed E-state index contributed by atoms with van der Waals surface area (Å²) in [7, 11) is 0. The number of amides is 1. The van der Waals surface area contributed by atoms with Gasteiger partial charge in [0, 0.05) is 5.69 Å². The van der Waals surface area contributed by atoms with Gasteiger partial charge in [-0.3, -0.25) is 14.2 Å². The van der Waals surface area contributed by atoms with E-state index in [1.54, 1.807) is 6.07 Å². The van der Waals surface area contributed by atoms with E-state index in [2.05, 4.69) is 10.3 Å². The van der Waals surface area contributed by atoms with Gasteiger partial charge >= 0.3 is 0 Å². The van der Waals surface area contributed by atoms with Crippen molar-refractivity contribution in [2.45, 2.75) is 13.5 Å². The number of carbonyl (C=O) groups excluding carboxylic acids is 1. The lowest BCUT2D eigenvalue weighted by Crippen LogP contribution is -2.27. The predicted octanol–water partition coefficient (Wildman–Crippen LogP) is 2.41. The molecule has 1 aromatic carbocycles. The first-order valence-corrected chi connectivity index (χ1v) is 7.30. The van der Waals surface area contributed by atoms with Gasteiger partial charge < -0.3 is 5.32 Å². The monoisotopic (exact) mass is 299 g/mol. The number of fused-ring (bicyclic) bond motifs is 1. The van der Waals surface area contributed by atoms with E-state index in [1.165, 1.54) is 22.2 Å². The molecule has 106 valence electrons. The van der Waals surface area contributed by atoms with Gasteiger partial charge in [-0.1, -0.05) is 17.7 Å². The zero-order valence-electron chi connectivity index (χ0n) is 11.4. The Balaban J connectivity index is 1.78. The van der Waals surface area contributed by atoms with Gasteiger partial charge in [-0.25, -0.2) is 4.98 Å². The van der Waals surface area contributed by atoms with Gasteiger partial charge in [-0.2, -0.15) is 0 Å². The fourth-order valence-corrected chi connectivity index (χ4v) is 2.72. The molecule has 0 aliphatic carbocycles. The van der Waals surface area contributed by atoms with Crippen molar-refractivity contribution in [2.24, 2.45) is 0 Å². The van der Waals surface area contributed by atoms with Crippen molar-refractivity contribution in [2.75, 3.05) is 5.32 Å². The molecule has 0 atom stereocenters. The second kappa shape index (κ2) is 5.49. The Morgan fingerprint density at radius 3 is 2.81 bits per heavy atom. The molecule has 2 heterocycles. The van der Waals surface area contributed by atoms with Crippen LogP contribution in [0.4, 0.5) is 5.69 Å². The highest BCUT2D eigenvalue weighted by Gasteiger charge is 2.09. The number of carbonyl (C=O) groups is 1. The normalized spacial score (nSPS) is 10.7. The SMILES string of the molecule is Cc1ccc(NC(=O)Cn2cnc3sccc3c2=O)cc1. The zero-order valence-corrected chi connectivity index (χ0v) is 12.2. The minimum Gasteiger partial charge on any atom is -0.325 e. The Labute approximate surface area is 124 Å². The summed E-state index contributed by atoms with van der Waals surface area (Å²) in [5.74, 6) is -0.252. The van der Waals surface area contributed by atoms with Crippen LogP contribution in [0.25, 0.3) is 10.2 Å². The van der Waals surface area contributed by atoms with Crippen molar-refractivity contribution in [3.8, 4) is 0 Å². The van der Waals surface area contributed by atoms with Crippen molar-refractivity contribution in [1.82, 2.24) is 9.55 Å². The zero-order chi connectivity index (χ0) is 14.8. The highest BCUT2D eigenvalue weighted by molar-refractivity contribution is 7.16. The summed E-state index contributed by atoms with van der Waals surface area (Å²) in [5, 5.41) is 5.13. The smallest absolute Gasteiger partial charge is 0.262 e. The average Bonchev–Trinajstić information content (AvgIpc) is 2.94. The number of nitrogens with zero attached hydrogens (tertiary/aromatic N) is 2. The Morgan fingerprint density at radius 2 is 2.05 bits per heavy atom. The van der Waals surface area contributed by atoms with Gasteiger partial charge in [0.1, 0.15) is 11.4 Å². The third-order valence-corrected chi connectivity index (χ3v) is 3.92. The van der Waals surface area contributed by atoms with Crippen LogP contribution in [-0.2, 0) is 11.3 Å². The molecule has 1 N–H and O–H groups in total. The van der Waals surface area contributed by atoms with Gasteiger partial charge in [0.15, 0.2) is 0 Å². The van der Waals surface area contributed by atoms with Crippen molar-refractivity contribution < 1.29 is 4.79 Å². The molecular weight excluding hydrogens is 286 g/mol. The molecular formula is C15H13N3O2S. The summed E-state index contributed by atoms with van der Waals surface area (Å²) >= 11 is 1.41. The van der Waals surface area contributed by atoms with E-state index < -0.39 is 0 Å². The highest BCUT2D eigenvalue weighted by atomic mass is 32.1. The van der Waals surface area contributed by atoms with Gasteiger partial charge in [-0.15, -0.1) is 11.3 Å². The van der Waals surface area contributed by atoms with E-state index in [-0.39, 0.29) is 18.0 Å². The second-order valence-corrected chi connectivity index (χ2v) is 5.63. The molecule has 0 fully saturated rings. The first-order chi connectivity index (χ1) is 10.1. The summed E-state index contributed by atoms with van der Waals surface area (Å²) in [6.07, 6.45) is 1.41.